The largest absolute Gasteiger partial charge is 0.485 e. The van der Waals surface area contributed by atoms with Crippen LogP contribution in [0.15, 0.2) is 30.3 Å². The van der Waals surface area contributed by atoms with Crippen LogP contribution >= 0.6 is 0 Å². The van der Waals surface area contributed by atoms with Crippen molar-refractivity contribution < 1.29 is 22.7 Å². The van der Waals surface area contributed by atoms with Crippen LogP contribution < -0.4 is 4.74 Å². The van der Waals surface area contributed by atoms with E-state index in [0.29, 0.717) is 23.3 Å². The first-order valence-electron chi connectivity index (χ1n) is 8.84. The highest BCUT2D eigenvalue weighted by Gasteiger charge is 2.31. The van der Waals surface area contributed by atoms with Gasteiger partial charge in [-0.25, -0.2) is 8.42 Å². The molecule has 2 aromatic rings. The van der Waals surface area contributed by atoms with Crippen molar-refractivity contribution in [3.8, 4) is 5.75 Å². The third-order valence-electron chi connectivity index (χ3n) is 4.99. The van der Waals surface area contributed by atoms with Crippen LogP contribution in [0.2, 0.25) is 0 Å². The van der Waals surface area contributed by atoms with Crippen LogP contribution in [0.1, 0.15) is 51.5 Å². The maximum Gasteiger partial charge on any atom is 0.202 e. The van der Waals surface area contributed by atoms with E-state index in [0.717, 1.165) is 11.4 Å². The van der Waals surface area contributed by atoms with Gasteiger partial charge < -0.3 is 9.30 Å². The molecule has 1 aliphatic heterocycles. The van der Waals surface area contributed by atoms with Crippen molar-refractivity contribution >= 4 is 21.4 Å². The first-order valence-corrected chi connectivity index (χ1v) is 10.7. The average molecular weight is 389 g/mol. The van der Waals surface area contributed by atoms with Gasteiger partial charge in [0, 0.05) is 28.6 Å². The van der Waals surface area contributed by atoms with E-state index in [9.17, 15) is 18.0 Å². The van der Waals surface area contributed by atoms with Gasteiger partial charge in [0.25, 0.3) is 0 Å². The Bertz CT molecular complexity index is 986. The fourth-order valence-electron chi connectivity index (χ4n) is 3.61. The Morgan fingerprint density at radius 2 is 1.85 bits per heavy atom. The Hall–Kier alpha value is -2.41. The summed E-state index contributed by atoms with van der Waals surface area (Å²) < 4.78 is 31.1. The van der Waals surface area contributed by atoms with Crippen molar-refractivity contribution in [3.05, 3.63) is 52.8 Å². The van der Waals surface area contributed by atoms with Gasteiger partial charge >= 0.3 is 0 Å². The van der Waals surface area contributed by atoms with Crippen molar-refractivity contribution in [1.82, 2.24) is 4.57 Å². The SMILES string of the molecule is CC(=O)c1ccc(OCC(=O)c2cc(C)n(C3CCS(=O)(=O)C3)c2C)cc1. The maximum atomic E-state index is 12.6. The number of carbonyl (C=O) groups is 2. The van der Waals surface area contributed by atoms with Gasteiger partial charge in [-0.05, 0) is 57.5 Å². The van der Waals surface area contributed by atoms with Gasteiger partial charge in [-0.2, -0.15) is 0 Å². The van der Waals surface area contributed by atoms with Gasteiger partial charge in [-0.3, -0.25) is 9.59 Å². The summed E-state index contributed by atoms with van der Waals surface area (Å²) in [5.41, 5.74) is 2.79. The van der Waals surface area contributed by atoms with Crippen molar-refractivity contribution in [2.45, 2.75) is 33.2 Å². The lowest BCUT2D eigenvalue weighted by atomic mass is 10.1. The molecule has 0 amide bonds. The van der Waals surface area contributed by atoms with Crippen LogP contribution in [0, 0.1) is 13.8 Å². The lowest BCUT2D eigenvalue weighted by Gasteiger charge is -2.16. The molecule has 0 radical (unpaired) electrons. The number of ketones is 2. The van der Waals surface area contributed by atoms with Gasteiger partial charge in [0.1, 0.15) is 5.75 Å². The minimum absolute atomic E-state index is 0.0287. The molecule has 0 saturated carbocycles. The minimum Gasteiger partial charge on any atom is -0.485 e. The number of sulfone groups is 1. The highest BCUT2D eigenvalue weighted by Crippen LogP contribution is 2.29. The molecule has 0 bridgehead atoms. The first kappa shape index (κ1) is 19.4. The van der Waals surface area contributed by atoms with Gasteiger partial charge in [0.2, 0.25) is 5.78 Å². The number of rotatable bonds is 6. The number of hydrogen-bond acceptors (Lipinski definition) is 5. The second kappa shape index (κ2) is 7.31. The van der Waals surface area contributed by atoms with Crippen LogP contribution in [0.5, 0.6) is 5.75 Å². The number of aromatic nitrogens is 1. The van der Waals surface area contributed by atoms with Crippen LogP contribution in [0.3, 0.4) is 0 Å². The van der Waals surface area contributed by atoms with E-state index in [1.807, 2.05) is 18.4 Å². The molecule has 0 aliphatic carbocycles. The normalized spacial score (nSPS) is 18.4. The topological polar surface area (TPSA) is 82.4 Å². The van der Waals surface area contributed by atoms with E-state index < -0.39 is 9.84 Å². The molecular formula is C20H23NO5S. The first-order chi connectivity index (χ1) is 12.7. The zero-order chi connectivity index (χ0) is 19.8. The number of ether oxygens (including phenoxy) is 1. The van der Waals surface area contributed by atoms with Crippen LogP contribution in [-0.2, 0) is 9.84 Å². The average Bonchev–Trinajstić information content (AvgIpc) is 3.11. The van der Waals surface area contributed by atoms with Crippen LogP contribution in [0.25, 0.3) is 0 Å². The number of benzene rings is 1. The smallest absolute Gasteiger partial charge is 0.202 e. The Balaban J connectivity index is 1.72. The van der Waals surface area contributed by atoms with E-state index in [1.54, 1.807) is 30.3 Å². The predicted octanol–water partition coefficient (Wildman–Crippen LogP) is 2.93. The lowest BCUT2D eigenvalue weighted by Crippen LogP contribution is -2.16. The Kier molecular flexibility index (Phi) is 5.24. The van der Waals surface area contributed by atoms with E-state index >= 15 is 0 Å². The molecule has 1 aliphatic rings. The molecule has 7 heteroatoms. The molecule has 144 valence electrons. The molecule has 1 saturated heterocycles. The van der Waals surface area contributed by atoms with Crippen molar-refractivity contribution in [2.24, 2.45) is 0 Å². The Labute approximate surface area is 159 Å². The fraction of sp³-hybridized carbons (Fsp3) is 0.400. The minimum atomic E-state index is -3.00. The maximum absolute atomic E-state index is 12.6. The highest BCUT2D eigenvalue weighted by molar-refractivity contribution is 7.91. The van der Waals surface area contributed by atoms with E-state index in [4.69, 9.17) is 4.74 Å². The van der Waals surface area contributed by atoms with Crippen molar-refractivity contribution in [2.75, 3.05) is 18.1 Å². The molecule has 27 heavy (non-hydrogen) atoms. The van der Waals surface area contributed by atoms with Crippen molar-refractivity contribution in [3.63, 3.8) is 0 Å². The molecule has 6 nitrogen and oxygen atoms in total. The summed E-state index contributed by atoms with van der Waals surface area (Å²) in [5, 5.41) is 0. The molecule has 0 spiro atoms. The zero-order valence-electron chi connectivity index (χ0n) is 15.7. The summed E-state index contributed by atoms with van der Waals surface area (Å²) in [6.07, 6.45) is 0.575. The third kappa shape index (κ3) is 4.13. The molecule has 1 unspecified atom stereocenters. The fourth-order valence-corrected chi connectivity index (χ4v) is 5.31. The summed E-state index contributed by atoms with van der Waals surface area (Å²) in [5.74, 6) is 0.641. The monoisotopic (exact) mass is 389 g/mol. The molecule has 1 aromatic heterocycles. The van der Waals surface area contributed by atoms with Gasteiger partial charge in [-0.15, -0.1) is 0 Å². The third-order valence-corrected chi connectivity index (χ3v) is 6.74. The van der Waals surface area contributed by atoms with Gasteiger partial charge in [-0.1, -0.05) is 0 Å². The quantitative estimate of drug-likeness (QED) is 0.710. The standard InChI is InChI=1S/C20H23NO5S/c1-13-10-19(14(2)21(13)17-8-9-27(24,25)12-17)20(23)11-26-18-6-4-16(5-7-18)15(3)22/h4-7,10,17H,8-9,11-12H2,1-3H3. The van der Waals surface area contributed by atoms with E-state index in [-0.39, 0.29) is 35.7 Å². The number of nitrogens with zero attached hydrogens (tertiary/aromatic N) is 1. The zero-order valence-corrected chi connectivity index (χ0v) is 16.5. The summed E-state index contributed by atoms with van der Waals surface area (Å²) in [6, 6.07) is 8.33. The molecule has 0 N–H and O–H groups in total. The summed E-state index contributed by atoms with van der Waals surface area (Å²) >= 11 is 0. The molecule has 1 atom stereocenters. The molecule has 3 rings (SSSR count). The van der Waals surface area contributed by atoms with E-state index in [2.05, 4.69) is 0 Å². The van der Waals surface area contributed by atoms with Gasteiger partial charge in [0.05, 0.1) is 11.5 Å². The van der Waals surface area contributed by atoms with Crippen LogP contribution in [-0.4, -0.2) is 42.7 Å². The molecular weight excluding hydrogens is 366 g/mol. The van der Waals surface area contributed by atoms with E-state index in [1.165, 1.54) is 6.92 Å². The molecule has 1 fully saturated rings. The highest BCUT2D eigenvalue weighted by atomic mass is 32.2. The number of hydrogen-bond donors (Lipinski definition) is 0. The summed E-state index contributed by atoms with van der Waals surface area (Å²) in [7, 11) is -3.00. The lowest BCUT2D eigenvalue weighted by molar-refractivity contribution is 0.0919. The summed E-state index contributed by atoms with van der Waals surface area (Å²) in [4.78, 5) is 23.9. The van der Waals surface area contributed by atoms with Crippen LogP contribution in [0.4, 0.5) is 0 Å². The number of aryl methyl sites for hydroxylation is 1. The van der Waals surface area contributed by atoms with Crippen molar-refractivity contribution in [1.29, 1.82) is 0 Å². The molecule has 1 aromatic carbocycles. The Morgan fingerprint density at radius 3 is 2.41 bits per heavy atom. The number of Topliss-reactive ketones (excluding diaryl/α,β-unsaturated/α-hetero) is 2. The molecule has 2 heterocycles. The Morgan fingerprint density at radius 1 is 1.19 bits per heavy atom. The second-order valence-electron chi connectivity index (χ2n) is 7.00. The second-order valence-corrected chi connectivity index (χ2v) is 9.23. The number of carbonyl (C=O) groups excluding carboxylic acids is 2. The summed E-state index contributed by atoms with van der Waals surface area (Å²) in [6.45, 7) is 5.10. The predicted molar refractivity (Wildman–Crippen MR) is 102 cm³/mol. The van der Waals surface area contributed by atoms with Gasteiger partial charge in [0.15, 0.2) is 22.2 Å².